The van der Waals surface area contributed by atoms with E-state index in [1.807, 2.05) is 30.3 Å². The molecule has 1 unspecified atom stereocenters. The Balaban J connectivity index is 2.07. The summed E-state index contributed by atoms with van der Waals surface area (Å²) in [5, 5.41) is 12.2. The molecular formula is C18H18FNO2. The first-order valence-electron chi connectivity index (χ1n) is 7.00. The van der Waals surface area contributed by atoms with Gasteiger partial charge in [-0.1, -0.05) is 42.5 Å². The molecular weight excluding hydrogens is 281 g/mol. The van der Waals surface area contributed by atoms with Crippen molar-refractivity contribution in [2.24, 2.45) is 0 Å². The number of rotatable bonds is 5. The van der Waals surface area contributed by atoms with Crippen molar-refractivity contribution in [3.63, 3.8) is 0 Å². The molecule has 4 heteroatoms. The van der Waals surface area contributed by atoms with Gasteiger partial charge in [-0.05, 0) is 35.8 Å². The molecule has 0 saturated carbocycles. The Bertz CT molecular complexity index is 651. The van der Waals surface area contributed by atoms with Gasteiger partial charge < -0.3 is 10.4 Å². The van der Waals surface area contributed by atoms with Crippen LogP contribution >= 0.6 is 0 Å². The van der Waals surface area contributed by atoms with Gasteiger partial charge in [0, 0.05) is 6.08 Å². The molecule has 0 aliphatic carbocycles. The molecule has 2 aromatic rings. The van der Waals surface area contributed by atoms with Crippen LogP contribution in [0, 0.1) is 5.82 Å². The lowest BCUT2D eigenvalue weighted by Crippen LogP contribution is -2.29. The van der Waals surface area contributed by atoms with E-state index in [0.29, 0.717) is 0 Å². The van der Waals surface area contributed by atoms with Crippen LogP contribution in [0.15, 0.2) is 60.7 Å². The third-order valence-electron chi connectivity index (χ3n) is 3.35. The molecule has 0 bridgehead atoms. The first-order chi connectivity index (χ1) is 10.6. The topological polar surface area (TPSA) is 49.3 Å². The summed E-state index contributed by atoms with van der Waals surface area (Å²) in [6.45, 7) is 1.60. The summed E-state index contributed by atoms with van der Waals surface area (Å²) in [6, 6.07) is 14.8. The molecule has 3 nitrogen and oxygen atoms in total. The minimum atomic E-state index is -0.453. The Morgan fingerprint density at radius 1 is 1.18 bits per heavy atom. The molecule has 0 heterocycles. The molecule has 0 spiro atoms. The van der Waals surface area contributed by atoms with Crippen LogP contribution in [0.1, 0.15) is 24.1 Å². The van der Waals surface area contributed by atoms with E-state index in [9.17, 15) is 14.3 Å². The van der Waals surface area contributed by atoms with Gasteiger partial charge in [-0.25, -0.2) is 4.39 Å². The second kappa shape index (κ2) is 7.52. The normalized spacial score (nSPS) is 12.8. The second-order valence-corrected chi connectivity index (χ2v) is 4.99. The number of allylic oxidation sites excluding steroid dienone is 1. The van der Waals surface area contributed by atoms with Crippen LogP contribution in [0.5, 0.6) is 0 Å². The predicted octanol–water partition coefficient (Wildman–Crippen LogP) is 3.08. The Labute approximate surface area is 129 Å². The third kappa shape index (κ3) is 4.27. The average Bonchev–Trinajstić information content (AvgIpc) is 2.54. The SMILES string of the molecule is C/C(=C/C(=O)NC(CO)c1ccccc1)c1ccc(F)cc1. The molecule has 0 aliphatic rings. The highest BCUT2D eigenvalue weighted by Crippen LogP contribution is 2.15. The summed E-state index contributed by atoms with van der Waals surface area (Å²) in [5.74, 6) is -0.616. The summed E-state index contributed by atoms with van der Waals surface area (Å²) in [4.78, 5) is 12.1. The fourth-order valence-electron chi connectivity index (χ4n) is 2.13. The molecule has 114 valence electrons. The van der Waals surface area contributed by atoms with Gasteiger partial charge in [-0.15, -0.1) is 0 Å². The van der Waals surface area contributed by atoms with Crippen molar-refractivity contribution in [2.45, 2.75) is 13.0 Å². The van der Waals surface area contributed by atoms with Crippen LogP contribution in [0.3, 0.4) is 0 Å². The van der Waals surface area contributed by atoms with Gasteiger partial charge in [0.15, 0.2) is 0 Å². The number of benzene rings is 2. The van der Waals surface area contributed by atoms with E-state index in [1.165, 1.54) is 18.2 Å². The van der Waals surface area contributed by atoms with Crippen molar-refractivity contribution in [2.75, 3.05) is 6.61 Å². The lowest BCUT2D eigenvalue weighted by Gasteiger charge is -2.15. The van der Waals surface area contributed by atoms with Gasteiger partial charge in [0.25, 0.3) is 0 Å². The summed E-state index contributed by atoms with van der Waals surface area (Å²) >= 11 is 0. The summed E-state index contributed by atoms with van der Waals surface area (Å²) in [5.41, 5.74) is 2.34. The fourth-order valence-corrected chi connectivity index (χ4v) is 2.13. The van der Waals surface area contributed by atoms with Crippen molar-refractivity contribution < 1.29 is 14.3 Å². The molecule has 0 saturated heterocycles. The van der Waals surface area contributed by atoms with Crippen LogP contribution in [0.4, 0.5) is 4.39 Å². The van der Waals surface area contributed by atoms with Crippen LogP contribution in [-0.4, -0.2) is 17.6 Å². The van der Waals surface area contributed by atoms with E-state index in [0.717, 1.165) is 16.7 Å². The third-order valence-corrected chi connectivity index (χ3v) is 3.35. The maximum Gasteiger partial charge on any atom is 0.244 e. The fraction of sp³-hybridized carbons (Fsp3) is 0.167. The number of halogens is 1. The maximum atomic E-state index is 12.9. The number of carbonyl (C=O) groups excluding carboxylic acids is 1. The average molecular weight is 299 g/mol. The number of nitrogens with one attached hydrogen (secondary N) is 1. The van der Waals surface area contributed by atoms with Crippen LogP contribution in [0.25, 0.3) is 5.57 Å². The van der Waals surface area contributed by atoms with Crippen LogP contribution in [-0.2, 0) is 4.79 Å². The Morgan fingerprint density at radius 2 is 1.82 bits per heavy atom. The zero-order chi connectivity index (χ0) is 15.9. The first kappa shape index (κ1) is 15.9. The van der Waals surface area contributed by atoms with Gasteiger partial charge in [-0.3, -0.25) is 4.79 Å². The summed E-state index contributed by atoms with van der Waals surface area (Å²) in [7, 11) is 0. The zero-order valence-corrected chi connectivity index (χ0v) is 12.3. The molecule has 22 heavy (non-hydrogen) atoms. The number of carbonyl (C=O) groups is 1. The minimum Gasteiger partial charge on any atom is -0.394 e. The van der Waals surface area contributed by atoms with Crippen molar-refractivity contribution in [1.29, 1.82) is 0 Å². The summed E-state index contributed by atoms with van der Waals surface area (Å²) < 4.78 is 12.9. The lowest BCUT2D eigenvalue weighted by atomic mass is 10.1. The van der Waals surface area contributed by atoms with E-state index < -0.39 is 6.04 Å². The predicted molar refractivity (Wildman–Crippen MR) is 84.5 cm³/mol. The lowest BCUT2D eigenvalue weighted by molar-refractivity contribution is -0.117. The van der Waals surface area contributed by atoms with Crippen molar-refractivity contribution in [1.82, 2.24) is 5.32 Å². The molecule has 1 amide bonds. The number of hydrogen-bond acceptors (Lipinski definition) is 2. The van der Waals surface area contributed by atoms with Gasteiger partial charge in [0.1, 0.15) is 5.82 Å². The highest BCUT2D eigenvalue weighted by molar-refractivity contribution is 5.95. The van der Waals surface area contributed by atoms with Crippen LogP contribution < -0.4 is 5.32 Å². The quantitative estimate of drug-likeness (QED) is 0.834. The molecule has 2 rings (SSSR count). The Hall–Kier alpha value is -2.46. The molecule has 0 aromatic heterocycles. The van der Waals surface area contributed by atoms with Gasteiger partial charge in [0.05, 0.1) is 12.6 Å². The van der Waals surface area contributed by atoms with E-state index in [4.69, 9.17) is 0 Å². The van der Waals surface area contributed by atoms with Gasteiger partial charge in [-0.2, -0.15) is 0 Å². The number of hydrogen-bond donors (Lipinski definition) is 2. The number of amides is 1. The second-order valence-electron chi connectivity index (χ2n) is 4.99. The van der Waals surface area contributed by atoms with Gasteiger partial charge in [0.2, 0.25) is 5.91 Å². The number of aliphatic hydroxyl groups excluding tert-OH is 1. The largest absolute Gasteiger partial charge is 0.394 e. The number of aliphatic hydroxyl groups is 1. The molecule has 2 aromatic carbocycles. The smallest absolute Gasteiger partial charge is 0.244 e. The van der Waals surface area contributed by atoms with Crippen molar-refractivity contribution in [3.8, 4) is 0 Å². The molecule has 2 N–H and O–H groups in total. The van der Waals surface area contributed by atoms with Crippen molar-refractivity contribution >= 4 is 11.5 Å². The van der Waals surface area contributed by atoms with E-state index in [1.54, 1.807) is 19.1 Å². The van der Waals surface area contributed by atoms with E-state index in [-0.39, 0.29) is 18.3 Å². The Morgan fingerprint density at radius 3 is 2.41 bits per heavy atom. The molecule has 1 atom stereocenters. The highest BCUT2D eigenvalue weighted by Gasteiger charge is 2.12. The molecule has 0 fully saturated rings. The van der Waals surface area contributed by atoms with E-state index in [2.05, 4.69) is 5.32 Å². The molecule has 0 aliphatic heterocycles. The monoisotopic (exact) mass is 299 g/mol. The van der Waals surface area contributed by atoms with Crippen LogP contribution in [0.2, 0.25) is 0 Å². The standard InChI is InChI=1S/C18H18FNO2/c1-13(14-7-9-16(19)10-8-14)11-18(22)20-17(12-21)15-5-3-2-4-6-15/h2-11,17,21H,12H2,1H3,(H,20,22)/b13-11-. The first-order valence-corrected chi connectivity index (χ1v) is 7.00. The zero-order valence-electron chi connectivity index (χ0n) is 12.3. The minimum absolute atomic E-state index is 0.181. The van der Waals surface area contributed by atoms with E-state index >= 15 is 0 Å². The maximum absolute atomic E-state index is 12.9. The summed E-state index contributed by atoms with van der Waals surface area (Å²) in [6.07, 6.45) is 1.44. The van der Waals surface area contributed by atoms with Gasteiger partial charge >= 0.3 is 0 Å². The highest BCUT2D eigenvalue weighted by atomic mass is 19.1. The molecule has 0 radical (unpaired) electrons. The van der Waals surface area contributed by atoms with Crippen molar-refractivity contribution in [3.05, 3.63) is 77.6 Å². The Kier molecular flexibility index (Phi) is 5.44.